The van der Waals surface area contributed by atoms with E-state index in [4.69, 9.17) is 12.2 Å². The molecule has 5 nitrogen and oxygen atoms in total. The zero-order valence-corrected chi connectivity index (χ0v) is 17.9. The molecule has 28 heavy (non-hydrogen) atoms. The van der Waals surface area contributed by atoms with Crippen LogP contribution >= 0.6 is 39.5 Å². The minimum absolute atomic E-state index is 0.111. The molecular weight excluding hydrogens is 456 g/mol. The van der Waals surface area contributed by atoms with E-state index in [2.05, 4.69) is 37.6 Å². The molecule has 2 N–H and O–H groups in total. The first-order chi connectivity index (χ1) is 13.6. The van der Waals surface area contributed by atoms with Crippen molar-refractivity contribution in [1.29, 1.82) is 0 Å². The van der Waals surface area contributed by atoms with Crippen LogP contribution in [0.1, 0.15) is 22.7 Å². The SMILES string of the molecule is O=C(CN1C(=S)N[C@@H](c2ccccn2)[C@@H]1c1ccc(Br)s1)Nc1ccccc1. The van der Waals surface area contributed by atoms with E-state index in [9.17, 15) is 4.79 Å². The number of aromatic nitrogens is 1. The van der Waals surface area contributed by atoms with Gasteiger partial charge in [0, 0.05) is 16.8 Å². The monoisotopic (exact) mass is 472 g/mol. The summed E-state index contributed by atoms with van der Waals surface area (Å²) in [5, 5.41) is 6.83. The first kappa shape index (κ1) is 19.0. The predicted octanol–water partition coefficient (Wildman–Crippen LogP) is 4.52. The second-order valence-electron chi connectivity index (χ2n) is 6.31. The highest BCUT2D eigenvalue weighted by Crippen LogP contribution is 2.42. The van der Waals surface area contributed by atoms with Crippen LogP contribution in [0.2, 0.25) is 0 Å². The van der Waals surface area contributed by atoms with Crippen molar-refractivity contribution in [3.8, 4) is 0 Å². The van der Waals surface area contributed by atoms with Crippen LogP contribution in [-0.4, -0.2) is 27.4 Å². The Labute approximate surface area is 180 Å². The smallest absolute Gasteiger partial charge is 0.244 e. The summed E-state index contributed by atoms with van der Waals surface area (Å²) < 4.78 is 1.04. The van der Waals surface area contributed by atoms with Crippen LogP contribution in [0, 0.1) is 0 Å². The number of pyridine rings is 1. The van der Waals surface area contributed by atoms with Gasteiger partial charge in [0.15, 0.2) is 5.11 Å². The molecule has 0 saturated carbocycles. The van der Waals surface area contributed by atoms with E-state index in [-0.39, 0.29) is 24.5 Å². The van der Waals surface area contributed by atoms with Crippen LogP contribution in [0.3, 0.4) is 0 Å². The second kappa shape index (κ2) is 8.38. The number of hydrogen-bond donors (Lipinski definition) is 2. The number of anilines is 1. The van der Waals surface area contributed by atoms with Crippen molar-refractivity contribution >= 4 is 56.2 Å². The average Bonchev–Trinajstić information content (AvgIpc) is 3.26. The van der Waals surface area contributed by atoms with Crippen molar-refractivity contribution in [2.24, 2.45) is 0 Å². The molecule has 0 bridgehead atoms. The van der Waals surface area contributed by atoms with Gasteiger partial charge in [0.25, 0.3) is 0 Å². The molecule has 3 heterocycles. The summed E-state index contributed by atoms with van der Waals surface area (Å²) in [6.07, 6.45) is 1.77. The highest BCUT2D eigenvalue weighted by atomic mass is 79.9. The van der Waals surface area contributed by atoms with Gasteiger partial charge in [-0.1, -0.05) is 24.3 Å². The number of thiophene rings is 1. The molecule has 0 aliphatic carbocycles. The van der Waals surface area contributed by atoms with Gasteiger partial charge in [-0.15, -0.1) is 11.3 Å². The lowest BCUT2D eigenvalue weighted by atomic mass is 10.0. The summed E-state index contributed by atoms with van der Waals surface area (Å²) >= 11 is 10.8. The molecule has 1 amide bonds. The number of nitrogens with zero attached hydrogens (tertiary/aromatic N) is 2. The summed E-state index contributed by atoms with van der Waals surface area (Å²) in [5.74, 6) is -0.113. The third kappa shape index (κ3) is 4.09. The lowest BCUT2D eigenvalue weighted by Crippen LogP contribution is -2.36. The third-order valence-corrected chi connectivity index (χ3v) is 6.50. The van der Waals surface area contributed by atoms with Gasteiger partial charge in [0.1, 0.15) is 6.54 Å². The van der Waals surface area contributed by atoms with Crippen LogP contribution in [0.4, 0.5) is 5.69 Å². The maximum absolute atomic E-state index is 12.7. The number of carbonyl (C=O) groups excluding carboxylic acids is 1. The minimum atomic E-state index is -0.122. The summed E-state index contributed by atoms with van der Waals surface area (Å²) in [7, 11) is 0. The predicted molar refractivity (Wildman–Crippen MR) is 119 cm³/mol. The van der Waals surface area contributed by atoms with Gasteiger partial charge in [-0.25, -0.2) is 0 Å². The van der Waals surface area contributed by atoms with Crippen LogP contribution in [0.25, 0.3) is 0 Å². The van der Waals surface area contributed by atoms with Gasteiger partial charge in [-0.2, -0.15) is 0 Å². The number of rotatable bonds is 5. The number of nitrogens with one attached hydrogen (secondary N) is 2. The Morgan fingerprint density at radius 2 is 1.96 bits per heavy atom. The molecule has 0 radical (unpaired) electrons. The number of para-hydroxylation sites is 1. The largest absolute Gasteiger partial charge is 0.352 e. The number of halogens is 1. The highest BCUT2D eigenvalue weighted by Gasteiger charge is 2.41. The lowest BCUT2D eigenvalue weighted by Gasteiger charge is -2.26. The molecule has 1 saturated heterocycles. The maximum atomic E-state index is 12.7. The molecule has 2 aromatic heterocycles. The van der Waals surface area contributed by atoms with Crippen molar-refractivity contribution in [2.45, 2.75) is 12.1 Å². The Morgan fingerprint density at radius 3 is 2.64 bits per heavy atom. The summed E-state index contributed by atoms with van der Waals surface area (Å²) in [6, 6.07) is 19.1. The number of hydrogen-bond acceptors (Lipinski definition) is 4. The van der Waals surface area contributed by atoms with Crippen molar-refractivity contribution in [2.75, 3.05) is 11.9 Å². The third-order valence-electron chi connectivity index (χ3n) is 4.45. The molecule has 8 heteroatoms. The molecular formula is C20H17BrN4OS2. The zero-order valence-electron chi connectivity index (χ0n) is 14.7. The minimum Gasteiger partial charge on any atom is -0.352 e. The van der Waals surface area contributed by atoms with Gasteiger partial charge in [0.05, 0.1) is 21.6 Å². The van der Waals surface area contributed by atoms with E-state index in [0.29, 0.717) is 5.11 Å². The van der Waals surface area contributed by atoms with Crippen molar-refractivity contribution < 1.29 is 4.79 Å². The average molecular weight is 473 g/mol. The Kier molecular flexibility index (Phi) is 5.70. The van der Waals surface area contributed by atoms with Crippen LogP contribution in [0.5, 0.6) is 0 Å². The maximum Gasteiger partial charge on any atom is 0.244 e. The molecule has 1 fully saturated rings. The number of benzene rings is 1. The normalized spacial score (nSPS) is 18.8. The number of carbonyl (C=O) groups is 1. The zero-order chi connectivity index (χ0) is 19.5. The molecule has 4 rings (SSSR count). The van der Waals surface area contributed by atoms with Crippen LogP contribution < -0.4 is 10.6 Å². The van der Waals surface area contributed by atoms with E-state index >= 15 is 0 Å². The van der Waals surface area contributed by atoms with E-state index in [1.54, 1.807) is 17.5 Å². The quantitative estimate of drug-likeness (QED) is 0.534. The molecule has 3 aromatic rings. The first-order valence-electron chi connectivity index (χ1n) is 8.70. The van der Waals surface area contributed by atoms with Crippen molar-refractivity contribution in [3.63, 3.8) is 0 Å². The van der Waals surface area contributed by atoms with E-state index in [1.807, 2.05) is 59.5 Å². The number of thiocarbonyl (C=S) groups is 1. The number of amides is 1. The molecule has 142 valence electrons. The van der Waals surface area contributed by atoms with Gasteiger partial charge in [0.2, 0.25) is 5.91 Å². The highest BCUT2D eigenvalue weighted by molar-refractivity contribution is 9.11. The lowest BCUT2D eigenvalue weighted by molar-refractivity contribution is -0.116. The molecule has 1 aliphatic rings. The Hall–Kier alpha value is -2.29. The second-order valence-corrected chi connectivity index (χ2v) is 9.19. The van der Waals surface area contributed by atoms with Crippen LogP contribution in [0.15, 0.2) is 70.6 Å². The van der Waals surface area contributed by atoms with Crippen molar-refractivity contribution in [1.82, 2.24) is 15.2 Å². The molecule has 1 aliphatic heterocycles. The van der Waals surface area contributed by atoms with Gasteiger partial charge < -0.3 is 15.5 Å². The Morgan fingerprint density at radius 1 is 1.18 bits per heavy atom. The fraction of sp³-hybridized carbons (Fsp3) is 0.150. The van der Waals surface area contributed by atoms with E-state index < -0.39 is 0 Å². The first-order valence-corrected chi connectivity index (χ1v) is 10.7. The Bertz CT molecular complexity index is 980. The Balaban J connectivity index is 1.61. The van der Waals surface area contributed by atoms with E-state index in [1.165, 1.54) is 0 Å². The molecule has 1 aromatic carbocycles. The molecule has 0 unspecified atom stereocenters. The standard InChI is InChI=1S/C20H17BrN4OS2/c21-16-10-9-15(28-16)19-18(14-8-4-5-11-22-14)24-20(27)25(19)12-17(26)23-13-6-2-1-3-7-13/h1-11,18-19H,12H2,(H,23,26)(H,24,27)/t18-,19-/m0/s1. The summed E-state index contributed by atoms with van der Waals surface area (Å²) in [5.41, 5.74) is 1.66. The van der Waals surface area contributed by atoms with Gasteiger partial charge >= 0.3 is 0 Å². The molecule has 2 atom stereocenters. The fourth-order valence-corrected chi connectivity index (χ4v) is 5.13. The van der Waals surface area contributed by atoms with Gasteiger partial charge in [-0.3, -0.25) is 9.78 Å². The topological polar surface area (TPSA) is 57.3 Å². The van der Waals surface area contributed by atoms with Crippen LogP contribution in [-0.2, 0) is 4.79 Å². The summed E-state index contributed by atoms with van der Waals surface area (Å²) in [6.45, 7) is 0.157. The fourth-order valence-electron chi connectivity index (χ4n) is 3.25. The van der Waals surface area contributed by atoms with Crippen molar-refractivity contribution in [3.05, 3.63) is 81.2 Å². The summed E-state index contributed by atoms with van der Waals surface area (Å²) in [4.78, 5) is 20.2. The molecule has 0 spiro atoms. The van der Waals surface area contributed by atoms with Gasteiger partial charge in [-0.05, 0) is 64.5 Å². The van der Waals surface area contributed by atoms with E-state index in [0.717, 1.165) is 20.0 Å².